The Morgan fingerprint density at radius 2 is 1.86 bits per heavy atom. The fraction of sp³-hybridized carbons (Fsp3) is 0.133. The van der Waals surface area contributed by atoms with Gasteiger partial charge in [-0.2, -0.15) is 0 Å². The largest absolute Gasteiger partial charge is 0.492 e. The van der Waals surface area contributed by atoms with Crippen LogP contribution < -0.4 is 15.8 Å². The highest BCUT2D eigenvalue weighted by Gasteiger charge is 2.14. The molecular weight excluding hydrogens is 278 g/mol. The Hall–Kier alpha value is -2.63. The summed E-state index contributed by atoms with van der Waals surface area (Å²) in [6.07, 6.45) is 0. The van der Waals surface area contributed by atoms with Gasteiger partial charge in [-0.15, -0.1) is 0 Å². The molecule has 0 saturated heterocycles. The van der Waals surface area contributed by atoms with Crippen LogP contribution >= 0.6 is 0 Å². The van der Waals surface area contributed by atoms with Crippen LogP contribution in [0.2, 0.25) is 0 Å². The second-order valence-electron chi connectivity index (χ2n) is 4.24. The van der Waals surface area contributed by atoms with E-state index in [2.05, 4.69) is 5.32 Å². The predicted molar refractivity (Wildman–Crippen MR) is 76.3 cm³/mol. The van der Waals surface area contributed by atoms with E-state index in [1.54, 1.807) is 24.3 Å². The zero-order chi connectivity index (χ0) is 15.4. The molecule has 2 rings (SSSR count). The van der Waals surface area contributed by atoms with E-state index in [0.29, 0.717) is 18.0 Å². The summed E-state index contributed by atoms with van der Waals surface area (Å²) < 4.78 is 32.1. The number of anilines is 2. The Bertz CT molecular complexity index is 651. The fourth-order valence-electron chi connectivity index (χ4n) is 1.76. The number of amides is 1. The zero-order valence-electron chi connectivity index (χ0n) is 11.3. The summed E-state index contributed by atoms with van der Waals surface area (Å²) in [7, 11) is 0. The smallest absolute Gasteiger partial charge is 0.255 e. The summed E-state index contributed by atoms with van der Waals surface area (Å²) in [4.78, 5) is 12.0. The van der Waals surface area contributed by atoms with Gasteiger partial charge in [0, 0.05) is 5.56 Å². The number of nitrogens with one attached hydrogen (secondary N) is 1. The Morgan fingerprint density at radius 3 is 2.48 bits per heavy atom. The molecule has 2 aromatic carbocycles. The minimum absolute atomic E-state index is 0.162. The Balaban J connectivity index is 2.26. The van der Waals surface area contributed by atoms with Gasteiger partial charge in [-0.25, -0.2) is 8.78 Å². The van der Waals surface area contributed by atoms with Crippen LogP contribution in [-0.4, -0.2) is 12.5 Å². The molecule has 1 amide bonds. The molecular formula is C15H14F2N2O2. The lowest BCUT2D eigenvalue weighted by Crippen LogP contribution is -2.14. The van der Waals surface area contributed by atoms with Crippen molar-refractivity contribution in [1.82, 2.24) is 0 Å². The molecule has 0 fully saturated rings. The molecule has 0 heterocycles. The number of hydrogen-bond acceptors (Lipinski definition) is 3. The average molecular weight is 292 g/mol. The van der Waals surface area contributed by atoms with Crippen molar-refractivity contribution in [3.63, 3.8) is 0 Å². The van der Waals surface area contributed by atoms with E-state index in [1.165, 1.54) is 0 Å². The fourth-order valence-corrected chi connectivity index (χ4v) is 1.76. The molecule has 0 unspecified atom stereocenters. The van der Waals surface area contributed by atoms with E-state index in [0.717, 1.165) is 12.1 Å². The first-order valence-electron chi connectivity index (χ1n) is 6.30. The normalized spacial score (nSPS) is 10.2. The van der Waals surface area contributed by atoms with Gasteiger partial charge in [-0.3, -0.25) is 4.79 Å². The summed E-state index contributed by atoms with van der Waals surface area (Å²) in [6.45, 7) is 2.24. The van der Waals surface area contributed by atoms with Crippen molar-refractivity contribution in [2.24, 2.45) is 0 Å². The van der Waals surface area contributed by atoms with Crippen LogP contribution in [0.5, 0.6) is 5.75 Å². The van der Waals surface area contributed by atoms with Gasteiger partial charge in [-0.05, 0) is 31.2 Å². The standard InChI is InChI=1S/C15H14F2N2O2/c1-2-21-13-6-4-3-5-12(13)19-15(20)9-7-10(16)14(18)11(17)8-9/h3-8H,2,18H2,1H3,(H,19,20). The Morgan fingerprint density at radius 1 is 1.24 bits per heavy atom. The molecule has 3 N–H and O–H groups in total. The number of benzene rings is 2. The van der Waals surface area contributed by atoms with E-state index in [4.69, 9.17) is 10.5 Å². The number of halogens is 2. The molecule has 2 aromatic rings. The highest BCUT2D eigenvalue weighted by Crippen LogP contribution is 2.25. The third-order valence-corrected chi connectivity index (χ3v) is 2.78. The second-order valence-corrected chi connectivity index (χ2v) is 4.24. The number of nitrogen functional groups attached to an aromatic ring is 1. The molecule has 6 heteroatoms. The number of nitrogens with two attached hydrogens (primary N) is 1. The average Bonchev–Trinajstić information content (AvgIpc) is 2.46. The molecule has 0 spiro atoms. The predicted octanol–water partition coefficient (Wildman–Crippen LogP) is 3.20. The number of para-hydroxylation sites is 2. The van der Waals surface area contributed by atoms with E-state index in [-0.39, 0.29) is 5.56 Å². The third kappa shape index (κ3) is 3.28. The van der Waals surface area contributed by atoms with Crippen LogP contribution in [0.4, 0.5) is 20.2 Å². The molecule has 0 aromatic heterocycles. The molecule has 0 saturated carbocycles. The minimum Gasteiger partial charge on any atom is -0.492 e. The van der Waals surface area contributed by atoms with Gasteiger partial charge < -0.3 is 15.8 Å². The van der Waals surface area contributed by atoms with Crippen LogP contribution in [0.25, 0.3) is 0 Å². The summed E-state index contributed by atoms with van der Waals surface area (Å²) in [5.41, 5.74) is 4.81. The summed E-state index contributed by atoms with van der Waals surface area (Å²) in [6, 6.07) is 8.55. The summed E-state index contributed by atoms with van der Waals surface area (Å²) in [5, 5.41) is 2.55. The van der Waals surface area contributed by atoms with Gasteiger partial charge in [0.25, 0.3) is 5.91 Å². The lowest BCUT2D eigenvalue weighted by atomic mass is 10.1. The van der Waals surface area contributed by atoms with Crippen LogP contribution in [0.15, 0.2) is 36.4 Å². The first kappa shape index (κ1) is 14.8. The van der Waals surface area contributed by atoms with Crippen molar-refractivity contribution in [2.75, 3.05) is 17.7 Å². The van der Waals surface area contributed by atoms with Crippen molar-refractivity contribution in [3.05, 3.63) is 53.6 Å². The molecule has 0 aliphatic heterocycles. The van der Waals surface area contributed by atoms with Crippen molar-refractivity contribution in [2.45, 2.75) is 6.92 Å². The molecule has 4 nitrogen and oxygen atoms in total. The number of rotatable bonds is 4. The first-order chi connectivity index (χ1) is 10.0. The monoisotopic (exact) mass is 292 g/mol. The maximum absolute atomic E-state index is 13.4. The van der Waals surface area contributed by atoms with E-state index in [9.17, 15) is 13.6 Å². The van der Waals surface area contributed by atoms with Gasteiger partial charge in [0.1, 0.15) is 23.1 Å². The van der Waals surface area contributed by atoms with Crippen LogP contribution in [-0.2, 0) is 0 Å². The number of ether oxygens (including phenoxy) is 1. The number of hydrogen-bond donors (Lipinski definition) is 2. The van der Waals surface area contributed by atoms with E-state index >= 15 is 0 Å². The molecule has 0 aliphatic carbocycles. The van der Waals surface area contributed by atoms with Crippen molar-refractivity contribution >= 4 is 17.3 Å². The second kappa shape index (κ2) is 6.21. The molecule has 0 radical (unpaired) electrons. The third-order valence-electron chi connectivity index (χ3n) is 2.78. The lowest BCUT2D eigenvalue weighted by molar-refractivity contribution is 0.102. The Labute approximate surface area is 120 Å². The number of carbonyl (C=O) groups excluding carboxylic acids is 1. The first-order valence-corrected chi connectivity index (χ1v) is 6.30. The lowest BCUT2D eigenvalue weighted by Gasteiger charge is -2.11. The molecule has 110 valence electrons. The van der Waals surface area contributed by atoms with Crippen molar-refractivity contribution in [3.8, 4) is 5.75 Å². The molecule has 0 aliphatic rings. The highest BCUT2D eigenvalue weighted by molar-refractivity contribution is 6.05. The van der Waals surface area contributed by atoms with E-state index in [1.807, 2.05) is 6.92 Å². The molecule has 21 heavy (non-hydrogen) atoms. The van der Waals surface area contributed by atoms with Gasteiger partial charge in [0.05, 0.1) is 12.3 Å². The van der Waals surface area contributed by atoms with Crippen LogP contribution in [0.1, 0.15) is 17.3 Å². The van der Waals surface area contributed by atoms with Crippen LogP contribution in [0, 0.1) is 11.6 Å². The summed E-state index contributed by atoms with van der Waals surface area (Å²) in [5.74, 6) is -2.12. The maximum Gasteiger partial charge on any atom is 0.255 e. The zero-order valence-corrected chi connectivity index (χ0v) is 11.3. The maximum atomic E-state index is 13.4. The highest BCUT2D eigenvalue weighted by atomic mass is 19.1. The van der Waals surface area contributed by atoms with Crippen molar-refractivity contribution in [1.29, 1.82) is 0 Å². The van der Waals surface area contributed by atoms with Crippen LogP contribution in [0.3, 0.4) is 0 Å². The molecule has 0 bridgehead atoms. The van der Waals surface area contributed by atoms with Crippen molar-refractivity contribution < 1.29 is 18.3 Å². The minimum atomic E-state index is -0.974. The van der Waals surface area contributed by atoms with Gasteiger partial charge in [0.2, 0.25) is 0 Å². The SMILES string of the molecule is CCOc1ccccc1NC(=O)c1cc(F)c(N)c(F)c1. The topological polar surface area (TPSA) is 64.3 Å². The molecule has 0 atom stereocenters. The van der Waals surface area contributed by atoms with Gasteiger partial charge in [-0.1, -0.05) is 12.1 Å². The number of carbonyl (C=O) groups is 1. The Kier molecular flexibility index (Phi) is 4.37. The van der Waals surface area contributed by atoms with E-state index < -0.39 is 23.2 Å². The van der Waals surface area contributed by atoms with Gasteiger partial charge in [0.15, 0.2) is 0 Å². The quantitative estimate of drug-likeness (QED) is 0.851. The summed E-state index contributed by atoms with van der Waals surface area (Å²) >= 11 is 0. The van der Waals surface area contributed by atoms with Gasteiger partial charge >= 0.3 is 0 Å².